The maximum atomic E-state index is 11.8. The molecule has 1 aromatic heterocycles. The topological polar surface area (TPSA) is 74.8 Å². The summed E-state index contributed by atoms with van der Waals surface area (Å²) in [5, 5.41) is 3.93. The summed E-state index contributed by atoms with van der Waals surface area (Å²) in [5.41, 5.74) is 0.839. The second-order valence-corrected chi connectivity index (χ2v) is 5.96. The van der Waals surface area contributed by atoms with Gasteiger partial charge in [0.15, 0.2) is 5.16 Å². The third kappa shape index (κ3) is 4.77. The molecule has 8 heteroatoms. The number of halogens is 2. The molecule has 21 heavy (non-hydrogen) atoms. The van der Waals surface area contributed by atoms with Crippen LogP contribution in [-0.4, -0.2) is 21.6 Å². The SMILES string of the molecule is Cc1cc(=O)[nH]c(SCC(=O)Nc2ccc(Cl)cc2Cl)n1. The molecule has 1 heterocycles. The molecule has 0 saturated carbocycles. The van der Waals surface area contributed by atoms with Crippen molar-refractivity contribution in [1.82, 2.24) is 9.97 Å². The monoisotopic (exact) mass is 343 g/mol. The average Bonchev–Trinajstić information content (AvgIpc) is 2.39. The van der Waals surface area contributed by atoms with Gasteiger partial charge < -0.3 is 10.3 Å². The Hall–Kier alpha value is -1.50. The first-order chi connectivity index (χ1) is 9.94. The highest BCUT2D eigenvalue weighted by Crippen LogP contribution is 2.25. The summed E-state index contributed by atoms with van der Waals surface area (Å²) in [6, 6.07) is 6.19. The van der Waals surface area contributed by atoms with Crippen LogP contribution in [0.2, 0.25) is 10.0 Å². The number of nitrogens with one attached hydrogen (secondary N) is 2. The van der Waals surface area contributed by atoms with Gasteiger partial charge in [0.25, 0.3) is 5.56 Å². The number of benzene rings is 1. The second-order valence-electron chi connectivity index (χ2n) is 4.15. The van der Waals surface area contributed by atoms with Gasteiger partial charge in [0.1, 0.15) is 0 Å². The van der Waals surface area contributed by atoms with Crippen LogP contribution < -0.4 is 10.9 Å². The van der Waals surface area contributed by atoms with Crippen molar-refractivity contribution in [1.29, 1.82) is 0 Å². The molecular weight excluding hydrogens is 333 g/mol. The van der Waals surface area contributed by atoms with Gasteiger partial charge in [-0.25, -0.2) is 4.98 Å². The van der Waals surface area contributed by atoms with Crippen molar-refractivity contribution in [3.05, 3.63) is 50.4 Å². The van der Waals surface area contributed by atoms with Crippen LogP contribution in [0.25, 0.3) is 0 Å². The average molecular weight is 344 g/mol. The largest absolute Gasteiger partial charge is 0.324 e. The lowest BCUT2D eigenvalue weighted by Crippen LogP contribution is -2.15. The molecule has 0 unspecified atom stereocenters. The molecule has 0 spiro atoms. The second kappa shape index (κ2) is 6.98. The summed E-state index contributed by atoms with van der Waals surface area (Å²) >= 11 is 12.9. The van der Waals surface area contributed by atoms with Crippen LogP contribution in [0.4, 0.5) is 5.69 Å². The minimum Gasteiger partial charge on any atom is -0.324 e. The summed E-state index contributed by atoms with van der Waals surface area (Å²) in [6.07, 6.45) is 0. The Bertz CT molecular complexity index is 734. The van der Waals surface area contributed by atoms with Crippen molar-refractivity contribution >= 4 is 46.6 Å². The number of hydrogen-bond acceptors (Lipinski definition) is 4. The van der Waals surface area contributed by atoms with Crippen LogP contribution in [0.3, 0.4) is 0 Å². The fourth-order valence-corrected chi connectivity index (χ4v) is 2.71. The van der Waals surface area contributed by atoms with Gasteiger partial charge in [-0.2, -0.15) is 0 Å². The predicted octanol–water partition coefficient (Wildman–Crippen LogP) is 3.12. The van der Waals surface area contributed by atoms with Crippen molar-refractivity contribution < 1.29 is 4.79 Å². The van der Waals surface area contributed by atoms with Crippen LogP contribution >= 0.6 is 35.0 Å². The molecule has 110 valence electrons. The number of amides is 1. The molecule has 0 fully saturated rings. The highest BCUT2D eigenvalue weighted by atomic mass is 35.5. The first kappa shape index (κ1) is 15.9. The van der Waals surface area contributed by atoms with Crippen molar-refractivity contribution in [3.63, 3.8) is 0 Å². The number of nitrogens with zero attached hydrogens (tertiary/aromatic N) is 1. The van der Waals surface area contributed by atoms with E-state index in [0.717, 1.165) is 11.8 Å². The fourth-order valence-electron chi connectivity index (χ4n) is 1.53. The first-order valence-electron chi connectivity index (χ1n) is 5.90. The maximum Gasteiger partial charge on any atom is 0.251 e. The fraction of sp³-hybridized carbons (Fsp3) is 0.154. The minimum atomic E-state index is -0.256. The molecule has 0 aliphatic carbocycles. The van der Waals surface area contributed by atoms with Gasteiger partial charge in [0.2, 0.25) is 5.91 Å². The van der Waals surface area contributed by atoms with Crippen molar-refractivity contribution in [2.45, 2.75) is 12.1 Å². The van der Waals surface area contributed by atoms with Gasteiger partial charge in [-0.05, 0) is 25.1 Å². The van der Waals surface area contributed by atoms with E-state index in [9.17, 15) is 9.59 Å². The Morgan fingerprint density at radius 2 is 2.14 bits per heavy atom. The molecule has 0 atom stereocenters. The molecular formula is C13H11Cl2N3O2S. The molecule has 2 N–H and O–H groups in total. The lowest BCUT2D eigenvalue weighted by Gasteiger charge is -2.07. The zero-order valence-electron chi connectivity index (χ0n) is 10.9. The Kier molecular flexibility index (Phi) is 5.27. The van der Waals surface area contributed by atoms with Gasteiger partial charge in [-0.3, -0.25) is 9.59 Å². The summed E-state index contributed by atoms with van der Waals surface area (Å²) in [4.78, 5) is 29.8. The number of carbonyl (C=O) groups excluding carboxylic acids is 1. The van der Waals surface area contributed by atoms with E-state index in [0.29, 0.717) is 26.6 Å². The Morgan fingerprint density at radius 1 is 1.38 bits per heavy atom. The molecule has 0 aliphatic heterocycles. The van der Waals surface area contributed by atoms with Crippen molar-refractivity contribution in [2.75, 3.05) is 11.1 Å². The molecule has 0 aliphatic rings. The van der Waals surface area contributed by atoms with Gasteiger partial charge >= 0.3 is 0 Å². The Balaban J connectivity index is 1.97. The van der Waals surface area contributed by atoms with E-state index in [1.54, 1.807) is 25.1 Å². The van der Waals surface area contributed by atoms with Crippen LogP contribution in [0.15, 0.2) is 34.2 Å². The number of H-pyrrole nitrogens is 1. The molecule has 0 saturated heterocycles. The Labute approximate surface area is 135 Å². The number of rotatable bonds is 4. The summed E-state index contributed by atoms with van der Waals surface area (Å²) < 4.78 is 0. The van der Waals surface area contributed by atoms with Gasteiger partial charge in [-0.1, -0.05) is 35.0 Å². The van der Waals surface area contributed by atoms with Crippen LogP contribution in [-0.2, 0) is 4.79 Å². The van der Waals surface area contributed by atoms with E-state index in [1.165, 1.54) is 6.07 Å². The lowest BCUT2D eigenvalue weighted by molar-refractivity contribution is -0.113. The minimum absolute atomic E-state index is 0.103. The molecule has 0 bridgehead atoms. The first-order valence-corrected chi connectivity index (χ1v) is 7.64. The number of thioether (sulfide) groups is 1. The molecule has 0 radical (unpaired) electrons. The molecule has 1 aromatic carbocycles. The third-order valence-electron chi connectivity index (χ3n) is 2.39. The van der Waals surface area contributed by atoms with E-state index in [4.69, 9.17) is 23.2 Å². The zero-order chi connectivity index (χ0) is 15.4. The molecule has 2 aromatic rings. The van der Waals surface area contributed by atoms with E-state index in [2.05, 4.69) is 15.3 Å². The number of aryl methyl sites for hydroxylation is 1. The standard InChI is InChI=1S/C13H11Cl2N3O2S/c1-7-4-11(19)18-13(16-7)21-6-12(20)17-10-3-2-8(14)5-9(10)15/h2-5H,6H2,1H3,(H,17,20)(H,16,18,19). The summed E-state index contributed by atoms with van der Waals surface area (Å²) in [5.74, 6) is -0.154. The molecule has 5 nitrogen and oxygen atoms in total. The molecule has 2 rings (SSSR count). The van der Waals surface area contributed by atoms with E-state index in [1.807, 2.05) is 0 Å². The smallest absolute Gasteiger partial charge is 0.251 e. The normalized spacial score (nSPS) is 10.4. The molecule has 1 amide bonds. The van der Waals surface area contributed by atoms with E-state index in [-0.39, 0.29) is 17.2 Å². The van der Waals surface area contributed by atoms with Gasteiger partial charge in [0.05, 0.1) is 16.5 Å². The Morgan fingerprint density at radius 3 is 2.81 bits per heavy atom. The third-order valence-corrected chi connectivity index (χ3v) is 3.81. The van der Waals surface area contributed by atoms with Gasteiger partial charge in [0, 0.05) is 16.8 Å². The number of aromatic amines is 1. The van der Waals surface area contributed by atoms with Crippen molar-refractivity contribution in [3.8, 4) is 0 Å². The van der Waals surface area contributed by atoms with Crippen LogP contribution in [0, 0.1) is 6.92 Å². The highest BCUT2D eigenvalue weighted by Gasteiger charge is 2.08. The van der Waals surface area contributed by atoms with Gasteiger partial charge in [-0.15, -0.1) is 0 Å². The number of hydrogen-bond donors (Lipinski definition) is 2. The number of aromatic nitrogens is 2. The maximum absolute atomic E-state index is 11.8. The van der Waals surface area contributed by atoms with Crippen LogP contribution in [0.5, 0.6) is 0 Å². The van der Waals surface area contributed by atoms with E-state index < -0.39 is 0 Å². The number of anilines is 1. The summed E-state index contributed by atoms with van der Waals surface area (Å²) in [7, 11) is 0. The zero-order valence-corrected chi connectivity index (χ0v) is 13.3. The van der Waals surface area contributed by atoms with E-state index >= 15 is 0 Å². The van der Waals surface area contributed by atoms with Crippen LogP contribution in [0.1, 0.15) is 5.69 Å². The number of carbonyl (C=O) groups is 1. The quantitative estimate of drug-likeness (QED) is 0.660. The lowest BCUT2D eigenvalue weighted by atomic mass is 10.3. The summed E-state index contributed by atoms with van der Waals surface area (Å²) in [6.45, 7) is 1.72. The predicted molar refractivity (Wildman–Crippen MR) is 85.4 cm³/mol. The highest BCUT2D eigenvalue weighted by molar-refractivity contribution is 7.99. The van der Waals surface area contributed by atoms with Crippen molar-refractivity contribution in [2.24, 2.45) is 0 Å².